The van der Waals surface area contributed by atoms with E-state index in [-0.39, 0.29) is 20.1 Å². The van der Waals surface area contributed by atoms with Crippen LogP contribution in [0.3, 0.4) is 0 Å². The molecule has 0 unspecified atom stereocenters. The molecule has 0 saturated heterocycles. The quantitative estimate of drug-likeness (QED) is 0.383. The Morgan fingerprint density at radius 1 is 0.412 bits per heavy atom. The maximum atomic E-state index is 2.21. The van der Waals surface area contributed by atoms with E-state index < -0.39 is 0 Å². The second-order valence-corrected chi connectivity index (χ2v) is 4.29. The van der Waals surface area contributed by atoms with Gasteiger partial charge in [0.05, 0.1) is 0 Å². The number of rotatable bonds is 0. The average molecular weight is 394 g/mol. The van der Waals surface area contributed by atoms with Crippen molar-refractivity contribution in [2.75, 3.05) is 0 Å². The van der Waals surface area contributed by atoms with Gasteiger partial charge in [-0.2, -0.15) is 0 Å². The summed E-state index contributed by atoms with van der Waals surface area (Å²) in [6.45, 7) is 0. The van der Waals surface area contributed by atoms with Crippen LogP contribution in [0.4, 0.5) is 0 Å². The van der Waals surface area contributed by atoms with Gasteiger partial charge in [0.25, 0.3) is 0 Å². The minimum Gasteiger partial charge on any atom is -0.0610 e. The van der Waals surface area contributed by atoms with E-state index in [4.69, 9.17) is 0 Å². The molecule has 0 aliphatic carbocycles. The standard InChI is InChI=1S/C16H10.Ir/c1-3-11-7-9-13-5-2-6-14-10-8-12(4-1)15(11)16(13)14;/h1-10H;. The Morgan fingerprint density at radius 3 is 1.00 bits per heavy atom. The molecular formula is C16H10Ir. The third-order valence-corrected chi connectivity index (χ3v) is 3.39. The molecule has 0 amide bonds. The monoisotopic (exact) mass is 395 g/mol. The first-order valence-electron chi connectivity index (χ1n) is 5.56. The van der Waals surface area contributed by atoms with Crippen LogP contribution in [-0.4, -0.2) is 0 Å². The summed E-state index contributed by atoms with van der Waals surface area (Å²) in [5, 5.41) is 8.14. The smallest absolute Gasteiger partial charge is 0 e. The third kappa shape index (κ3) is 1.40. The van der Waals surface area contributed by atoms with Crippen molar-refractivity contribution >= 4 is 32.3 Å². The van der Waals surface area contributed by atoms with E-state index in [0.717, 1.165) is 0 Å². The van der Waals surface area contributed by atoms with E-state index in [0.29, 0.717) is 0 Å². The number of benzene rings is 4. The van der Waals surface area contributed by atoms with Crippen LogP contribution in [0.5, 0.6) is 0 Å². The van der Waals surface area contributed by atoms with E-state index in [2.05, 4.69) is 60.7 Å². The molecule has 4 aromatic carbocycles. The molecule has 0 bridgehead atoms. The molecule has 4 aromatic rings. The van der Waals surface area contributed by atoms with E-state index in [1.807, 2.05) is 0 Å². The van der Waals surface area contributed by atoms with Crippen LogP contribution < -0.4 is 0 Å². The Balaban J connectivity index is 0.000000902. The van der Waals surface area contributed by atoms with Gasteiger partial charge >= 0.3 is 0 Å². The second kappa shape index (κ2) is 3.80. The van der Waals surface area contributed by atoms with Gasteiger partial charge in [0.1, 0.15) is 0 Å². The summed E-state index contributed by atoms with van der Waals surface area (Å²) in [6, 6.07) is 21.9. The molecule has 0 fully saturated rings. The molecule has 1 radical (unpaired) electrons. The summed E-state index contributed by atoms with van der Waals surface area (Å²) < 4.78 is 0. The van der Waals surface area contributed by atoms with Gasteiger partial charge in [-0.25, -0.2) is 0 Å². The summed E-state index contributed by atoms with van der Waals surface area (Å²) in [7, 11) is 0. The zero-order valence-electron chi connectivity index (χ0n) is 9.11. The molecule has 0 spiro atoms. The predicted octanol–water partition coefficient (Wildman–Crippen LogP) is 4.58. The van der Waals surface area contributed by atoms with E-state index >= 15 is 0 Å². The third-order valence-electron chi connectivity index (χ3n) is 3.39. The largest absolute Gasteiger partial charge is 0.0610 e. The van der Waals surface area contributed by atoms with Gasteiger partial charge < -0.3 is 0 Å². The first-order valence-corrected chi connectivity index (χ1v) is 5.56. The molecule has 17 heavy (non-hydrogen) atoms. The number of hydrogen-bond acceptors (Lipinski definition) is 0. The summed E-state index contributed by atoms with van der Waals surface area (Å²) in [5.41, 5.74) is 0. The predicted molar refractivity (Wildman–Crippen MR) is 70.1 cm³/mol. The van der Waals surface area contributed by atoms with Crippen molar-refractivity contribution in [3.05, 3.63) is 60.7 Å². The zero-order valence-corrected chi connectivity index (χ0v) is 11.5. The molecule has 0 nitrogen and oxygen atoms in total. The Morgan fingerprint density at radius 2 is 0.706 bits per heavy atom. The maximum Gasteiger partial charge on any atom is 0 e. The molecule has 0 atom stereocenters. The Labute approximate surface area is 113 Å². The van der Waals surface area contributed by atoms with Gasteiger partial charge in [-0.1, -0.05) is 60.7 Å². The van der Waals surface area contributed by atoms with Crippen molar-refractivity contribution in [1.29, 1.82) is 0 Å². The van der Waals surface area contributed by atoms with Crippen molar-refractivity contribution in [3.8, 4) is 0 Å². The summed E-state index contributed by atoms with van der Waals surface area (Å²) >= 11 is 0. The molecule has 0 N–H and O–H groups in total. The van der Waals surface area contributed by atoms with Gasteiger partial charge in [-0.3, -0.25) is 0 Å². The van der Waals surface area contributed by atoms with Gasteiger partial charge in [0, 0.05) is 20.1 Å². The summed E-state index contributed by atoms with van der Waals surface area (Å²) in [4.78, 5) is 0. The van der Waals surface area contributed by atoms with Crippen LogP contribution in [0.25, 0.3) is 32.3 Å². The number of hydrogen-bond donors (Lipinski definition) is 0. The maximum absolute atomic E-state index is 2.21. The molecule has 4 rings (SSSR count). The molecule has 0 aliphatic heterocycles. The topological polar surface area (TPSA) is 0 Å². The fourth-order valence-corrected chi connectivity index (χ4v) is 2.67. The minimum atomic E-state index is 0. The normalized spacial score (nSPS) is 11.1. The summed E-state index contributed by atoms with van der Waals surface area (Å²) in [6.07, 6.45) is 0. The van der Waals surface area contributed by atoms with Crippen molar-refractivity contribution in [3.63, 3.8) is 0 Å². The SMILES string of the molecule is [Ir].c1cc2ccc3cccc4ccc(c1)c2c34. The Kier molecular flexibility index (Phi) is 2.39. The van der Waals surface area contributed by atoms with Gasteiger partial charge in [-0.15, -0.1) is 0 Å². The summed E-state index contributed by atoms with van der Waals surface area (Å²) in [5.74, 6) is 0. The van der Waals surface area contributed by atoms with Crippen LogP contribution in [0.2, 0.25) is 0 Å². The Bertz CT molecular complexity index is 672. The first kappa shape index (κ1) is 10.7. The van der Waals surface area contributed by atoms with Gasteiger partial charge in [0.15, 0.2) is 0 Å². The van der Waals surface area contributed by atoms with Crippen molar-refractivity contribution in [2.24, 2.45) is 0 Å². The van der Waals surface area contributed by atoms with Crippen LogP contribution in [0.1, 0.15) is 0 Å². The minimum absolute atomic E-state index is 0. The van der Waals surface area contributed by atoms with Crippen LogP contribution in [0.15, 0.2) is 60.7 Å². The zero-order chi connectivity index (χ0) is 10.5. The van der Waals surface area contributed by atoms with Gasteiger partial charge in [0.2, 0.25) is 0 Å². The van der Waals surface area contributed by atoms with E-state index in [1.54, 1.807) is 0 Å². The molecule has 0 aliphatic rings. The fraction of sp³-hybridized carbons (Fsp3) is 0. The van der Waals surface area contributed by atoms with Crippen LogP contribution in [-0.2, 0) is 20.1 Å². The molecule has 0 heterocycles. The first-order chi connectivity index (χ1) is 7.93. The second-order valence-electron chi connectivity index (χ2n) is 4.29. The fourth-order valence-electron chi connectivity index (χ4n) is 2.67. The van der Waals surface area contributed by atoms with Gasteiger partial charge in [-0.05, 0) is 32.3 Å². The molecule has 0 aromatic heterocycles. The van der Waals surface area contributed by atoms with Crippen molar-refractivity contribution in [1.82, 2.24) is 0 Å². The molecular weight excluding hydrogens is 384 g/mol. The van der Waals surface area contributed by atoms with Crippen LogP contribution >= 0.6 is 0 Å². The Hall–Kier alpha value is -1.43. The molecule has 83 valence electrons. The average Bonchev–Trinajstić information content (AvgIpc) is 2.36. The molecule has 1 heteroatoms. The molecule has 0 saturated carbocycles. The van der Waals surface area contributed by atoms with Crippen molar-refractivity contribution < 1.29 is 20.1 Å². The van der Waals surface area contributed by atoms with E-state index in [1.165, 1.54) is 32.3 Å². The van der Waals surface area contributed by atoms with Crippen LogP contribution in [0, 0.1) is 0 Å². The van der Waals surface area contributed by atoms with E-state index in [9.17, 15) is 0 Å². The van der Waals surface area contributed by atoms with Crippen molar-refractivity contribution in [2.45, 2.75) is 0 Å².